The summed E-state index contributed by atoms with van der Waals surface area (Å²) in [5, 5.41) is 8.69. The lowest BCUT2D eigenvalue weighted by Crippen LogP contribution is -2.37. The van der Waals surface area contributed by atoms with Gasteiger partial charge in [-0.2, -0.15) is 0 Å². The highest BCUT2D eigenvalue weighted by Crippen LogP contribution is 2.42. The van der Waals surface area contributed by atoms with Gasteiger partial charge < -0.3 is 14.0 Å². The van der Waals surface area contributed by atoms with Crippen LogP contribution < -0.4 is 9.47 Å². The van der Waals surface area contributed by atoms with Gasteiger partial charge in [-0.1, -0.05) is 5.21 Å². The quantitative estimate of drug-likeness (QED) is 0.734. The van der Waals surface area contributed by atoms with Crippen molar-refractivity contribution in [2.75, 3.05) is 7.11 Å². The molecule has 0 amide bonds. The molecule has 1 aliphatic heterocycles. The predicted octanol–water partition coefficient (Wildman–Crippen LogP) is 2.84. The van der Waals surface area contributed by atoms with Crippen molar-refractivity contribution in [1.29, 1.82) is 0 Å². The Morgan fingerprint density at radius 3 is 2.88 bits per heavy atom. The maximum absolute atomic E-state index is 6.14. The van der Waals surface area contributed by atoms with Crippen molar-refractivity contribution in [2.45, 2.75) is 31.9 Å². The first-order valence-corrected chi connectivity index (χ1v) is 8.23. The van der Waals surface area contributed by atoms with Crippen LogP contribution in [0.5, 0.6) is 11.5 Å². The second-order valence-corrected chi connectivity index (χ2v) is 6.93. The van der Waals surface area contributed by atoms with Gasteiger partial charge in [0.05, 0.1) is 19.3 Å². The van der Waals surface area contributed by atoms with E-state index in [1.807, 2.05) is 46.9 Å². The number of imidazole rings is 1. The lowest BCUT2D eigenvalue weighted by molar-refractivity contribution is 0.0643. The summed E-state index contributed by atoms with van der Waals surface area (Å²) in [7, 11) is 3.61. The molecule has 7 heteroatoms. The minimum absolute atomic E-state index is 0.0235. The number of fused-ring (bicyclic) bond motifs is 1. The standard InChI is InChI=1S/C18H21N5O2/c1-18(2)10-15(13-9-12(24-4)5-6-16(13)25-18)23-11-14(20-21-23)17-19-7-8-22(17)3/h5-9,11,15H,10H2,1-4H3/t15-/m0/s1. The van der Waals surface area contributed by atoms with E-state index in [1.54, 1.807) is 13.3 Å². The summed E-state index contributed by atoms with van der Waals surface area (Å²) in [5.41, 5.74) is 1.51. The fourth-order valence-corrected chi connectivity index (χ4v) is 3.30. The van der Waals surface area contributed by atoms with Gasteiger partial charge in [-0.3, -0.25) is 0 Å². The average Bonchev–Trinajstić information content (AvgIpc) is 3.21. The molecule has 0 saturated carbocycles. The van der Waals surface area contributed by atoms with Crippen LogP contribution in [-0.4, -0.2) is 37.3 Å². The normalized spacial score (nSPS) is 18.5. The number of rotatable bonds is 3. The van der Waals surface area contributed by atoms with Gasteiger partial charge in [0.2, 0.25) is 0 Å². The molecule has 3 heterocycles. The summed E-state index contributed by atoms with van der Waals surface area (Å²) in [6.45, 7) is 4.17. The molecule has 0 saturated heterocycles. The number of aryl methyl sites for hydroxylation is 1. The first kappa shape index (κ1) is 15.7. The van der Waals surface area contributed by atoms with Gasteiger partial charge in [0.25, 0.3) is 0 Å². The highest BCUT2D eigenvalue weighted by atomic mass is 16.5. The zero-order chi connectivity index (χ0) is 17.6. The molecule has 0 N–H and O–H groups in total. The summed E-state index contributed by atoms with van der Waals surface area (Å²) in [4.78, 5) is 4.35. The topological polar surface area (TPSA) is 67.0 Å². The van der Waals surface area contributed by atoms with E-state index in [1.165, 1.54) is 0 Å². The van der Waals surface area contributed by atoms with Gasteiger partial charge >= 0.3 is 0 Å². The van der Waals surface area contributed by atoms with Gasteiger partial charge in [0.1, 0.15) is 22.8 Å². The molecule has 0 radical (unpaired) electrons. The molecule has 2 aromatic heterocycles. The van der Waals surface area contributed by atoms with Crippen molar-refractivity contribution in [3.63, 3.8) is 0 Å². The van der Waals surface area contributed by atoms with Crippen LogP contribution in [0.4, 0.5) is 0 Å². The zero-order valence-corrected chi connectivity index (χ0v) is 14.8. The van der Waals surface area contributed by atoms with Crippen molar-refractivity contribution in [2.24, 2.45) is 7.05 Å². The third-order valence-electron chi connectivity index (χ3n) is 4.53. The number of aromatic nitrogens is 5. The maximum atomic E-state index is 6.14. The Labute approximate surface area is 146 Å². The van der Waals surface area contributed by atoms with Crippen LogP contribution in [0.25, 0.3) is 11.5 Å². The summed E-state index contributed by atoms with van der Waals surface area (Å²) in [6.07, 6.45) is 6.38. The second-order valence-electron chi connectivity index (χ2n) is 6.93. The van der Waals surface area contributed by atoms with Crippen LogP contribution in [0.1, 0.15) is 31.9 Å². The molecule has 0 fully saturated rings. The summed E-state index contributed by atoms with van der Waals surface area (Å²) >= 11 is 0. The molecule has 3 aromatic rings. The molecular weight excluding hydrogens is 318 g/mol. The summed E-state index contributed by atoms with van der Waals surface area (Å²) < 4.78 is 15.3. The number of methoxy groups -OCH3 is 1. The fraction of sp³-hybridized carbons (Fsp3) is 0.389. The van der Waals surface area contributed by atoms with E-state index in [2.05, 4.69) is 29.1 Å². The molecule has 25 heavy (non-hydrogen) atoms. The average molecular weight is 339 g/mol. The van der Waals surface area contributed by atoms with E-state index >= 15 is 0 Å². The van der Waals surface area contributed by atoms with Crippen LogP contribution in [0, 0.1) is 0 Å². The lowest BCUT2D eigenvalue weighted by Gasteiger charge is -2.37. The molecule has 1 aliphatic rings. The Bertz CT molecular complexity index is 912. The van der Waals surface area contributed by atoms with E-state index in [0.29, 0.717) is 0 Å². The Morgan fingerprint density at radius 1 is 1.32 bits per heavy atom. The molecule has 0 unspecified atom stereocenters. The van der Waals surface area contributed by atoms with E-state index in [9.17, 15) is 0 Å². The first-order valence-electron chi connectivity index (χ1n) is 8.23. The predicted molar refractivity (Wildman–Crippen MR) is 92.7 cm³/mol. The second kappa shape index (κ2) is 5.61. The van der Waals surface area contributed by atoms with Gasteiger partial charge in [0.15, 0.2) is 5.82 Å². The first-order chi connectivity index (χ1) is 12.0. The zero-order valence-electron chi connectivity index (χ0n) is 14.8. The molecule has 0 aliphatic carbocycles. The van der Waals surface area contributed by atoms with Gasteiger partial charge in [0, 0.05) is 31.4 Å². The van der Waals surface area contributed by atoms with E-state index in [-0.39, 0.29) is 11.6 Å². The Balaban J connectivity index is 1.78. The van der Waals surface area contributed by atoms with Gasteiger partial charge in [-0.15, -0.1) is 5.10 Å². The molecule has 7 nitrogen and oxygen atoms in total. The van der Waals surface area contributed by atoms with Gasteiger partial charge in [-0.25, -0.2) is 9.67 Å². The largest absolute Gasteiger partial charge is 0.497 e. The molecule has 1 aromatic carbocycles. The third kappa shape index (κ3) is 2.75. The van der Waals surface area contributed by atoms with Crippen molar-refractivity contribution in [1.82, 2.24) is 24.5 Å². The van der Waals surface area contributed by atoms with E-state index < -0.39 is 0 Å². The maximum Gasteiger partial charge on any atom is 0.161 e. The Hall–Kier alpha value is -2.83. The highest BCUT2D eigenvalue weighted by Gasteiger charge is 2.35. The Kier molecular flexibility index (Phi) is 3.52. The van der Waals surface area contributed by atoms with Crippen LogP contribution in [-0.2, 0) is 7.05 Å². The smallest absolute Gasteiger partial charge is 0.161 e. The number of benzene rings is 1. The Morgan fingerprint density at radius 2 is 2.16 bits per heavy atom. The van der Waals surface area contributed by atoms with Crippen molar-refractivity contribution in [3.8, 4) is 23.0 Å². The van der Waals surface area contributed by atoms with Crippen molar-refractivity contribution < 1.29 is 9.47 Å². The van der Waals surface area contributed by atoms with Crippen molar-refractivity contribution in [3.05, 3.63) is 42.4 Å². The van der Waals surface area contributed by atoms with Crippen molar-refractivity contribution >= 4 is 0 Å². The van der Waals surface area contributed by atoms with Gasteiger partial charge in [-0.05, 0) is 32.0 Å². The minimum atomic E-state index is -0.290. The number of hydrogen-bond acceptors (Lipinski definition) is 5. The summed E-state index contributed by atoms with van der Waals surface area (Å²) in [5.74, 6) is 2.45. The molecule has 130 valence electrons. The highest BCUT2D eigenvalue weighted by molar-refractivity contribution is 5.48. The number of hydrogen-bond donors (Lipinski definition) is 0. The van der Waals surface area contributed by atoms with E-state index in [4.69, 9.17) is 9.47 Å². The molecule has 0 spiro atoms. The fourth-order valence-electron chi connectivity index (χ4n) is 3.30. The third-order valence-corrected chi connectivity index (χ3v) is 4.53. The molecule has 1 atom stereocenters. The molecule has 0 bridgehead atoms. The van der Waals surface area contributed by atoms with Crippen LogP contribution >= 0.6 is 0 Å². The monoisotopic (exact) mass is 339 g/mol. The number of ether oxygens (including phenoxy) is 2. The lowest BCUT2D eigenvalue weighted by atomic mass is 9.89. The van der Waals surface area contributed by atoms with Crippen LogP contribution in [0.15, 0.2) is 36.8 Å². The molecule has 4 rings (SSSR count). The molecular formula is C18H21N5O2. The minimum Gasteiger partial charge on any atom is -0.497 e. The summed E-state index contributed by atoms with van der Waals surface area (Å²) in [6, 6.07) is 5.91. The number of nitrogens with zero attached hydrogens (tertiary/aromatic N) is 5. The van der Waals surface area contributed by atoms with Crippen LogP contribution in [0.3, 0.4) is 0 Å². The van der Waals surface area contributed by atoms with E-state index in [0.717, 1.165) is 35.0 Å². The SMILES string of the molecule is COc1ccc2c(c1)[C@@H](n1cc(-c3nccn3C)nn1)CC(C)(C)O2. The van der Waals surface area contributed by atoms with Crippen LogP contribution in [0.2, 0.25) is 0 Å².